The molecule has 1 heterocycles. The average Bonchev–Trinajstić information content (AvgIpc) is 2.68. The van der Waals surface area contributed by atoms with E-state index in [4.69, 9.17) is 0 Å². The number of hydrogen-bond donors (Lipinski definition) is 2. The highest BCUT2D eigenvalue weighted by atomic mass is 19.4. The van der Waals surface area contributed by atoms with E-state index in [1.807, 2.05) is 0 Å². The Morgan fingerprint density at radius 2 is 1.83 bits per heavy atom. The molecule has 118 valence electrons. The number of anilines is 1. The van der Waals surface area contributed by atoms with E-state index in [0.29, 0.717) is 5.69 Å². The number of halogens is 3. The number of phenols is 1. The lowest BCUT2D eigenvalue weighted by Crippen LogP contribution is -2.19. The monoisotopic (exact) mass is 318 g/mol. The van der Waals surface area contributed by atoms with Gasteiger partial charge in [0.1, 0.15) is 11.4 Å². The molecule has 6 heteroatoms. The molecule has 1 aliphatic heterocycles. The molecule has 1 aliphatic rings. The van der Waals surface area contributed by atoms with Crippen LogP contribution in [0.4, 0.5) is 24.5 Å². The normalized spacial score (nSPS) is 14.3. The number of nitrogens with one attached hydrogen (secondary N) is 1. The van der Waals surface area contributed by atoms with Gasteiger partial charge in [0.05, 0.1) is 17.1 Å². The summed E-state index contributed by atoms with van der Waals surface area (Å²) in [6, 6.07) is 11.2. The third kappa shape index (κ3) is 3.06. The van der Waals surface area contributed by atoms with Crippen molar-refractivity contribution in [1.82, 2.24) is 0 Å². The van der Waals surface area contributed by atoms with Crippen LogP contribution in [0.1, 0.15) is 11.1 Å². The molecule has 0 aliphatic carbocycles. The zero-order valence-electron chi connectivity index (χ0n) is 12.1. The number of hydrogen-bond acceptors (Lipinski definition) is 3. The fourth-order valence-corrected chi connectivity index (χ4v) is 2.30. The zero-order chi connectivity index (χ0) is 16.6. The van der Waals surface area contributed by atoms with Gasteiger partial charge in [0.15, 0.2) is 0 Å². The molecule has 3 rings (SSSR count). The first-order valence-corrected chi connectivity index (χ1v) is 6.88. The van der Waals surface area contributed by atoms with Crippen molar-refractivity contribution in [2.24, 2.45) is 4.99 Å². The van der Waals surface area contributed by atoms with Crippen LogP contribution in [0, 0.1) is 6.92 Å². The maximum Gasteiger partial charge on any atom is 0.431 e. The Kier molecular flexibility index (Phi) is 3.60. The fraction of sp³-hybridized carbons (Fsp3) is 0.118. The molecule has 0 fully saturated rings. The van der Waals surface area contributed by atoms with Gasteiger partial charge in [-0.1, -0.05) is 23.8 Å². The van der Waals surface area contributed by atoms with E-state index in [1.54, 1.807) is 37.3 Å². The summed E-state index contributed by atoms with van der Waals surface area (Å²) in [6.45, 7) is 1.79. The Morgan fingerprint density at radius 1 is 1.09 bits per heavy atom. The van der Waals surface area contributed by atoms with E-state index in [-0.39, 0.29) is 22.7 Å². The van der Waals surface area contributed by atoms with Crippen LogP contribution in [0.2, 0.25) is 0 Å². The molecule has 0 saturated carbocycles. The molecule has 0 saturated heterocycles. The molecule has 0 spiro atoms. The van der Waals surface area contributed by atoms with E-state index in [2.05, 4.69) is 10.3 Å². The first-order valence-electron chi connectivity index (χ1n) is 6.88. The van der Waals surface area contributed by atoms with Crippen LogP contribution in [0.15, 0.2) is 59.2 Å². The number of aryl methyl sites for hydroxylation is 1. The van der Waals surface area contributed by atoms with E-state index in [1.165, 1.54) is 12.1 Å². The maximum absolute atomic E-state index is 13.2. The summed E-state index contributed by atoms with van der Waals surface area (Å²) in [6.07, 6.45) is -3.65. The van der Waals surface area contributed by atoms with Gasteiger partial charge >= 0.3 is 6.18 Å². The second-order valence-corrected chi connectivity index (χ2v) is 5.22. The molecule has 2 aromatic carbocycles. The van der Waals surface area contributed by atoms with Crippen LogP contribution < -0.4 is 5.32 Å². The molecule has 0 bridgehead atoms. The second-order valence-electron chi connectivity index (χ2n) is 5.22. The minimum Gasteiger partial charge on any atom is -0.507 e. The van der Waals surface area contributed by atoms with Gasteiger partial charge in [-0.25, -0.2) is 4.99 Å². The highest BCUT2D eigenvalue weighted by molar-refractivity contribution is 6.13. The number of phenolic OH excluding ortho intramolecular Hbond substituents is 1. The SMILES string of the molecule is Cc1ccc(O)c(C2=Nc3ccccc3NC(C(F)(F)F)=C2)c1. The number of allylic oxidation sites excluding steroid dienone is 2. The van der Waals surface area contributed by atoms with E-state index < -0.39 is 11.9 Å². The van der Waals surface area contributed by atoms with E-state index in [0.717, 1.165) is 11.6 Å². The number of aromatic hydroxyl groups is 1. The lowest BCUT2D eigenvalue weighted by molar-refractivity contribution is -0.0901. The summed E-state index contributed by atoms with van der Waals surface area (Å²) in [4.78, 5) is 4.29. The topological polar surface area (TPSA) is 44.6 Å². The van der Waals surface area contributed by atoms with Crippen LogP contribution in [0.5, 0.6) is 5.75 Å². The molecule has 0 radical (unpaired) electrons. The third-order valence-corrected chi connectivity index (χ3v) is 3.43. The van der Waals surface area contributed by atoms with Crippen molar-refractivity contribution in [3.05, 3.63) is 65.4 Å². The van der Waals surface area contributed by atoms with Gasteiger partial charge in [0, 0.05) is 5.56 Å². The van der Waals surface area contributed by atoms with Crippen molar-refractivity contribution >= 4 is 17.1 Å². The fourth-order valence-electron chi connectivity index (χ4n) is 2.30. The van der Waals surface area contributed by atoms with Crippen LogP contribution in [0.3, 0.4) is 0 Å². The molecule has 0 amide bonds. The predicted octanol–water partition coefficient (Wildman–Crippen LogP) is 4.69. The zero-order valence-corrected chi connectivity index (χ0v) is 12.1. The Hall–Kier alpha value is -2.76. The standard InChI is InChI=1S/C17H13F3N2O/c1-10-6-7-15(23)11(8-10)14-9-16(17(18,19)20)22-13-5-3-2-4-12(13)21-14/h2-9,22-23H,1H3. The number of nitrogens with zero attached hydrogens (tertiary/aromatic N) is 1. The van der Waals surface area contributed by atoms with Crippen LogP contribution in [-0.4, -0.2) is 17.0 Å². The number of alkyl halides is 3. The van der Waals surface area contributed by atoms with E-state index in [9.17, 15) is 18.3 Å². The average molecular weight is 318 g/mol. The van der Waals surface area contributed by atoms with Crippen LogP contribution in [-0.2, 0) is 0 Å². The molecule has 2 aromatic rings. The second kappa shape index (κ2) is 5.46. The van der Waals surface area contributed by atoms with E-state index >= 15 is 0 Å². The molecule has 3 nitrogen and oxygen atoms in total. The van der Waals surface area contributed by atoms with Crippen molar-refractivity contribution in [2.45, 2.75) is 13.1 Å². The Labute approximate surface area is 130 Å². The van der Waals surface area contributed by atoms with Crippen molar-refractivity contribution in [3.63, 3.8) is 0 Å². The third-order valence-electron chi connectivity index (χ3n) is 3.43. The Morgan fingerprint density at radius 3 is 2.57 bits per heavy atom. The molecule has 0 unspecified atom stereocenters. The molecule has 23 heavy (non-hydrogen) atoms. The summed E-state index contributed by atoms with van der Waals surface area (Å²) in [7, 11) is 0. The predicted molar refractivity (Wildman–Crippen MR) is 83.2 cm³/mol. The van der Waals surface area contributed by atoms with Gasteiger partial charge in [0.2, 0.25) is 0 Å². The van der Waals surface area contributed by atoms with Crippen molar-refractivity contribution in [2.75, 3.05) is 5.32 Å². The maximum atomic E-state index is 13.2. The van der Waals surface area contributed by atoms with Gasteiger partial charge in [-0.2, -0.15) is 13.2 Å². The molecular weight excluding hydrogens is 305 g/mol. The number of fused-ring (bicyclic) bond motifs is 1. The number of aliphatic imine (C=N–C) groups is 1. The van der Waals surface area contributed by atoms with Crippen molar-refractivity contribution < 1.29 is 18.3 Å². The molecular formula is C17H13F3N2O. The van der Waals surface area contributed by atoms with Crippen molar-refractivity contribution in [3.8, 4) is 5.75 Å². The Bertz CT molecular complexity index is 823. The quantitative estimate of drug-likeness (QED) is 0.801. The molecule has 2 N–H and O–H groups in total. The number of para-hydroxylation sites is 2. The summed E-state index contributed by atoms with van der Waals surface area (Å²) in [5, 5.41) is 12.4. The highest BCUT2D eigenvalue weighted by Crippen LogP contribution is 2.35. The summed E-state index contributed by atoms with van der Waals surface area (Å²) >= 11 is 0. The first-order chi connectivity index (χ1) is 10.8. The smallest absolute Gasteiger partial charge is 0.431 e. The molecule has 0 aromatic heterocycles. The first kappa shape index (κ1) is 15.1. The van der Waals surface area contributed by atoms with Crippen LogP contribution >= 0.6 is 0 Å². The van der Waals surface area contributed by atoms with Gasteiger partial charge in [-0.3, -0.25) is 0 Å². The van der Waals surface area contributed by atoms with Gasteiger partial charge in [0.25, 0.3) is 0 Å². The lowest BCUT2D eigenvalue weighted by atomic mass is 10.0. The highest BCUT2D eigenvalue weighted by Gasteiger charge is 2.35. The van der Waals surface area contributed by atoms with Gasteiger partial charge in [-0.15, -0.1) is 0 Å². The summed E-state index contributed by atoms with van der Waals surface area (Å²) < 4.78 is 39.7. The van der Waals surface area contributed by atoms with Crippen molar-refractivity contribution in [1.29, 1.82) is 0 Å². The Balaban J connectivity index is 2.23. The van der Waals surface area contributed by atoms with Crippen LogP contribution in [0.25, 0.3) is 0 Å². The summed E-state index contributed by atoms with van der Waals surface area (Å²) in [5.74, 6) is -0.119. The molecule has 0 atom stereocenters. The minimum absolute atomic E-state index is 0.0518. The van der Waals surface area contributed by atoms with Gasteiger partial charge in [-0.05, 0) is 37.3 Å². The number of benzene rings is 2. The lowest BCUT2D eigenvalue weighted by Gasteiger charge is -2.13. The largest absolute Gasteiger partial charge is 0.507 e. The minimum atomic E-state index is -4.56. The number of rotatable bonds is 1. The summed E-state index contributed by atoms with van der Waals surface area (Å²) in [5.41, 5.74) is 0.827. The van der Waals surface area contributed by atoms with Gasteiger partial charge < -0.3 is 10.4 Å².